The Labute approximate surface area is 268 Å². The van der Waals surface area contributed by atoms with E-state index < -0.39 is 41.7 Å². The van der Waals surface area contributed by atoms with Crippen LogP contribution in [0, 0.1) is 30.1 Å². The summed E-state index contributed by atoms with van der Waals surface area (Å²) in [5, 5.41) is 0. The number of likely N-dealkylation sites (tertiary alicyclic amines) is 1. The normalized spacial score (nSPS) is 26.1. The summed E-state index contributed by atoms with van der Waals surface area (Å²) in [6.07, 6.45) is 5.73. The van der Waals surface area contributed by atoms with Crippen LogP contribution in [0.5, 0.6) is 5.75 Å². The third-order valence-electron chi connectivity index (χ3n) is 8.65. The Bertz CT molecular complexity index is 1320. The minimum atomic E-state index is -1.04. The van der Waals surface area contributed by atoms with Gasteiger partial charge in [-0.2, -0.15) is 0 Å². The molecule has 1 amide bonds. The molecule has 8 heteroatoms. The van der Waals surface area contributed by atoms with Crippen LogP contribution in [0.3, 0.4) is 0 Å². The summed E-state index contributed by atoms with van der Waals surface area (Å²) in [5.74, 6) is 3.38. The van der Waals surface area contributed by atoms with Gasteiger partial charge in [-0.05, 0) is 75.3 Å². The van der Waals surface area contributed by atoms with E-state index in [1.807, 2.05) is 51.1 Å². The Kier molecular flexibility index (Phi) is 11.2. The van der Waals surface area contributed by atoms with Gasteiger partial charge in [0.1, 0.15) is 23.6 Å². The molecule has 2 aliphatic rings. The summed E-state index contributed by atoms with van der Waals surface area (Å²) in [6.45, 7) is 12.6. The van der Waals surface area contributed by atoms with Crippen LogP contribution in [0.1, 0.15) is 83.1 Å². The number of terminal acetylenes is 1. The SMILES string of the molecule is C#CC[C@H](C)C[C@H](OCc1ccc(OC)cc1)[C@@H]1O[C@]2(C[C@@H]1OC(=O)c1ccccc1)[C@H](C)C[C@H](C)CN2C(=O)OC(C)(C)C. The molecule has 0 radical (unpaired) electrons. The molecular weight excluding hydrogens is 570 g/mol. The number of carbonyl (C=O) groups is 2. The lowest BCUT2D eigenvalue weighted by Crippen LogP contribution is -2.61. The maximum atomic E-state index is 13.8. The molecule has 1 spiro atoms. The summed E-state index contributed by atoms with van der Waals surface area (Å²) in [6, 6.07) is 16.6. The monoisotopic (exact) mass is 619 g/mol. The van der Waals surface area contributed by atoms with Crippen LogP contribution in [0.15, 0.2) is 54.6 Å². The molecule has 0 N–H and O–H groups in total. The maximum absolute atomic E-state index is 13.8. The molecule has 0 saturated carbocycles. The summed E-state index contributed by atoms with van der Waals surface area (Å²) in [5.41, 5.74) is -0.319. The molecule has 0 bridgehead atoms. The molecule has 2 aromatic carbocycles. The van der Waals surface area contributed by atoms with Gasteiger partial charge in [-0.25, -0.2) is 9.59 Å². The molecule has 0 unspecified atom stereocenters. The van der Waals surface area contributed by atoms with Crippen LogP contribution in [0.25, 0.3) is 0 Å². The van der Waals surface area contributed by atoms with Gasteiger partial charge in [0.2, 0.25) is 0 Å². The zero-order valence-electron chi connectivity index (χ0n) is 27.8. The Morgan fingerprint density at radius 2 is 1.80 bits per heavy atom. The van der Waals surface area contributed by atoms with E-state index in [-0.39, 0.29) is 17.8 Å². The third-order valence-corrected chi connectivity index (χ3v) is 8.65. The summed E-state index contributed by atoms with van der Waals surface area (Å²) in [7, 11) is 1.63. The molecule has 45 heavy (non-hydrogen) atoms. The highest BCUT2D eigenvalue weighted by Crippen LogP contribution is 2.48. The predicted molar refractivity (Wildman–Crippen MR) is 173 cm³/mol. The fourth-order valence-electron chi connectivity index (χ4n) is 6.50. The number of ether oxygens (including phenoxy) is 5. The van der Waals surface area contributed by atoms with Gasteiger partial charge in [-0.1, -0.05) is 51.1 Å². The zero-order chi connectivity index (χ0) is 32.8. The molecule has 244 valence electrons. The van der Waals surface area contributed by atoms with Crippen molar-refractivity contribution in [2.24, 2.45) is 17.8 Å². The second-order valence-corrected chi connectivity index (χ2v) is 13.7. The zero-order valence-corrected chi connectivity index (χ0v) is 27.8. The Morgan fingerprint density at radius 1 is 1.11 bits per heavy atom. The highest BCUT2D eigenvalue weighted by Gasteiger charge is 2.60. The van der Waals surface area contributed by atoms with Crippen molar-refractivity contribution in [3.8, 4) is 18.1 Å². The highest BCUT2D eigenvalue weighted by molar-refractivity contribution is 5.89. The average Bonchev–Trinajstić information content (AvgIpc) is 3.36. The van der Waals surface area contributed by atoms with Gasteiger partial charge in [0.05, 0.1) is 25.4 Å². The van der Waals surface area contributed by atoms with Crippen LogP contribution in [0.2, 0.25) is 0 Å². The van der Waals surface area contributed by atoms with Crippen molar-refractivity contribution in [1.82, 2.24) is 4.90 Å². The van der Waals surface area contributed by atoms with Crippen molar-refractivity contribution in [1.29, 1.82) is 0 Å². The van der Waals surface area contributed by atoms with Crippen molar-refractivity contribution in [3.63, 3.8) is 0 Å². The first kappa shape index (κ1) is 34.3. The van der Waals surface area contributed by atoms with E-state index in [1.54, 1.807) is 36.3 Å². The largest absolute Gasteiger partial charge is 0.497 e. The van der Waals surface area contributed by atoms with Crippen LogP contribution < -0.4 is 4.74 Å². The van der Waals surface area contributed by atoms with Crippen molar-refractivity contribution >= 4 is 12.1 Å². The number of rotatable bonds is 10. The lowest BCUT2D eigenvalue weighted by atomic mass is 9.80. The molecule has 0 aliphatic carbocycles. The van der Waals surface area contributed by atoms with Crippen molar-refractivity contribution < 1.29 is 33.3 Å². The molecular formula is C37H49NO7. The van der Waals surface area contributed by atoms with Gasteiger partial charge in [0.15, 0.2) is 5.72 Å². The molecule has 4 rings (SSSR count). The molecule has 2 aromatic rings. The van der Waals surface area contributed by atoms with Gasteiger partial charge in [-0.15, -0.1) is 12.3 Å². The highest BCUT2D eigenvalue weighted by atomic mass is 16.6. The summed E-state index contributed by atoms with van der Waals surface area (Å²) >= 11 is 0. The average molecular weight is 620 g/mol. The lowest BCUT2D eigenvalue weighted by molar-refractivity contribution is -0.215. The van der Waals surface area contributed by atoms with E-state index in [9.17, 15) is 9.59 Å². The fourth-order valence-corrected chi connectivity index (χ4v) is 6.50. The smallest absolute Gasteiger partial charge is 0.412 e. The fraction of sp³-hybridized carbons (Fsp3) is 0.568. The number of methoxy groups -OCH3 is 1. The van der Waals surface area contributed by atoms with Gasteiger partial charge in [0.25, 0.3) is 0 Å². The second-order valence-electron chi connectivity index (χ2n) is 13.7. The first-order chi connectivity index (χ1) is 21.3. The number of hydrogen-bond acceptors (Lipinski definition) is 7. The predicted octanol–water partition coefficient (Wildman–Crippen LogP) is 7.25. The van der Waals surface area contributed by atoms with E-state index in [0.29, 0.717) is 38.0 Å². The van der Waals surface area contributed by atoms with E-state index in [2.05, 4.69) is 26.7 Å². The number of esters is 1. The molecule has 2 saturated heterocycles. The molecule has 0 aromatic heterocycles. The van der Waals surface area contributed by atoms with Crippen molar-refractivity contribution in [2.75, 3.05) is 13.7 Å². The number of hydrogen-bond donors (Lipinski definition) is 0. The first-order valence-corrected chi connectivity index (χ1v) is 16.0. The van der Waals surface area contributed by atoms with Gasteiger partial charge in [-0.3, -0.25) is 4.90 Å². The minimum Gasteiger partial charge on any atom is -0.497 e. The number of amides is 1. The Morgan fingerprint density at radius 3 is 2.42 bits per heavy atom. The quantitative estimate of drug-likeness (QED) is 0.205. The van der Waals surface area contributed by atoms with Crippen molar-refractivity contribution in [2.45, 2.75) is 103 Å². The number of benzene rings is 2. The van der Waals surface area contributed by atoms with E-state index >= 15 is 0 Å². The van der Waals surface area contributed by atoms with Crippen LogP contribution in [0.4, 0.5) is 4.79 Å². The number of piperidine rings is 1. The van der Waals surface area contributed by atoms with Crippen molar-refractivity contribution in [3.05, 3.63) is 65.7 Å². The van der Waals surface area contributed by atoms with Crippen LogP contribution in [-0.2, 0) is 25.6 Å². The second kappa shape index (κ2) is 14.7. The number of carbonyl (C=O) groups excluding carboxylic acids is 2. The first-order valence-electron chi connectivity index (χ1n) is 16.0. The van der Waals surface area contributed by atoms with Crippen LogP contribution in [-0.4, -0.2) is 60.3 Å². The molecule has 2 aliphatic heterocycles. The number of nitrogens with zero attached hydrogens (tertiary/aromatic N) is 1. The maximum Gasteiger partial charge on any atom is 0.412 e. The summed E-state index contributed by atoms with van der Waals surface area (Å²) in [4.78, 5) is 29.0. The Hall–Kier alpha value is -3.54. The van der Waals surface area contributed by atoms with E-state index in [0.717, 1.165) is 17.7 Å². The van der Waals surface area contributed by atoms with E-state index in [1.165, 1.54) is 0 Å². The Balaban J connectivity index is 1.71. The van der Waals surface area contributed by atoms with Gasteiger partial charge in [0, 0.05) is 25.3 Å². The van der Waals surface area contributed by atoms with Gasteiger partial charge < -0.3 is 23.7 Å². The van der Waals surface area contributed by atoms with Crippen LogP contribution >= 0.6 is 0 Å². The molecule has 8 nitrogen and oxygen atoms in total. The van der Waals surface area contributed by atoms with E-state index in [4.69, 9.17) is 30.1 Å². The topological polar surface area (TPSA) is 83.5 Å². The minimum absolute atomic E-state index is 0.0536. The molecule has 2 heterocycles. The third kappa shape index (κ3) is 8.59. The molecule has 2 fully saturated rings. The summed E-state index contributed by atoms with van der Waals surface area (Å²) < 4.78 is 31.2. The molecule has 7 atom stereocenters. The lowest BCUT2D eigenvalue weighted by Gasteiger charge is -2.50. The van der Waals surface area contributed by atoms with Gasteiger partial charge >= 0.3 is 12.1 Å². The standard InChI is InChI=1S/C37H49NO7/c1-9-13-25(2)21-31(42-24-28-16-18-30(41-8)19-17-28)33-32(43-34(39)29-14-11-10-12-15-29)22-37(44-33)27(4)20-26(3)23-38(37)35(40)45-36(5,6)7/h1,10-12,14-19,25-27,31-33H,13,20-24H2,2-8H3/t25-,26-,27+,31-,32-,33-,37+/m0/s1.